The van der Waals surface area contributed by atoms with Crippen molar-refractivity contribution in [3.05, 3.63) is 52.6 Å². The van der Waals surface area contributed by atoms with E-state index in [1.807, 2.05) is 12.1 Å². The molecule has 0 amide bonds. The normalized spacial score (nSPS) is 27.2. The molecule has 2 heteroatoms. The SMILES string of the molecule is CC(=Cc1ccc(C(=O)O)cc1)C=C1CC2CCC1C2. The molecule has 2 saturated carbocycles. The number of carbonyl (C=O) groups is 1. The van der Waals surface area contributed by atoms with Crippen LogP contribution in [0.1, 0.15) is 48.5 Å². The molecule has 1 aromatic carbocycles. The van der Waals surface area contributed by atoms with E-state index < -0.39 is 5.97 Å². The minimum Gasteiger partial charge on any atom is -0.478 e. The first-order valence-electron chi connectivity index (χ1n) is 7.34. The van der Waals surface area contributed by atoms with Gasteiger partial charge in [-0.15, -0.1) is 0 Å². The van der Waals surface area contributed by atoms with Crippen molar-refractivity contribution in [2.45, 2.75) is 32.6 Å². The second-order valence-electron chi connectivity index (χ2n) is 6.11. The summed E-state index contributed by atoms with van der Waals surface area (Å²) in [5, 5.41) is 8.88. The second kappa shape index (κ2) is 5.28. The van der Waals surface area contributed by atoms with E-state index in [-0.39, 0.29) is 0 Å². The monoisotopic (exact) mass is 268 g/mol. The quantitative estimate of drug-likeness (QED) is 0.874. The van der Waals surface area contributed by atoms with Crippen molar-refractivity contribution in [3.8, 4) is 0 Å². The van der Waals surface area contributed by atoms with E-state index in [1.165, 1.54) is 31.3 Å². The summed E-state index contributed by atoms with van der Waals surface area (Å²) < 4.78 is 0. The van der Waals surface area contributed by atoms with Crippen molar-refractivity contribution < 1.29 is 9.90 Å². The Hall–Kier alpha value is -1.83. The highest BCUT2D eigenvalue weighted by molar-refractivity contribution is 5.87. The van der Waals surface area contributed by atoms with Crippen LogP contribution in [-0.4, -0.2) is 11.1 Å². The molecular weight excluding hydrogens is 248 g/mol. The number of carboxylic acids is 1. The molecular formula is C18H20O2. The zero-order valence-corrected chi connectivity index (χ0v) is 11.8. The number of rotatable bonds is 3. The van der Waals surface area contributed by atoms with Crippen molar-refractivity contribution in [1.82, 2.24) is 0 Å². The molecule has 1 N–H and O–H groups in total. The van der Waals surface area contributed by atoms with Crippen LogP contribution >= 0.6 is 0 Å². The Morgan fingerprint density at radius 2 is 2.00 bits per heavy atom. The Labute approximate surface area is 119 Å². The molecule has 1 aromatic rings. The van der Waals surface area contributed by atoms with Crippen molar-refractivity contribution in [3.63, 3.8) is 0 Å². The van der Waals surface area contributed by atoms with Gasteiger partial charge in [0.1, 0.15) is 0 Å². The Balaban J connectivity index is 1.74. The molecule has 104 valence electrons. The van der Waals surface area contributed by atoms with Crippen LogP contribution in [0, 0.1) is 11.8 Å². The lowest BCUT2D eigenvalue weighted by molar-refractivity contribution is 0.0697. The topological polar surface area (TPSA) is 37.3 Å². The molecule has 2 atom stereocenters. The van der Waals surface area contributed by atoms with Gasteiger partial charge in [0.25, 0.3) is 0 Å². The first kappa shape index (κ1) is 13.2. The highest BCUT2D eigenvalue weighted by atomic mass is 16.4. The van der Waals surface area contributed by atoms with Gasteiger partial charge in [-0.1, -0.05) is 35.4 Å². The minimum atomic E-state index is -0.874. The van der Waals surface area contributed by atoms with Crippen molar-refractivity contribution in [2.24, 2.45) is 11.8 Å². The number of allylic oxidation sites excluding steroid dienone is 3. The van der Waals surface area contributed by atoms with E-state index in [1.54, 1.807) is 17.7 Å². The maximum atomic E-state index is 10.8. The number of fused-ring (bicyclic) bond motifs is 2. The van der Waals surface area contributed by atoms with Crippen LogP contribution < -0.4 is 0 Å². The molecule has 0 saturated heterocycles. The first-order valence-corrected chi connectivity index (χ1v) is 7.34. The summed E-state index contributed by atoms with van der Waals surface area (Å²) in [5.41, 5.74) is 4.28. The van der Waals surface area contributed by atoms with Gasteiger partial charge in [-0.2, -0.15) is 0 Å². The fraction of sp³-hybridized carbons (Fsp3) is 0.389. The van der Waals surface area contributed by atoms with E-state index in [0.29, 0.717) is 5.56 Å². The summed E-state index contributed by atoms with van der Waals surface area (Å²) in [7, 11) is 0. The van der Waals surface area contributed by atoms with Gasteiger partial charge >= 0.3 is 5.97 Å². The average molecular weight is 268 g/mol. The lowest BCUT2D eigenvalue weighted by atomic mass is 9.93. The predicted molar refractivity (Wildman–Crippen MR) is 80.6 cm³/mol. The third-order valence-electron chi connectivity index (χ3n) is 4.56. The minimum absolute atomic E-state index is 0.339. The molecule has 2 nitrogen and oxygen atoms in total. The summed E-state index contributed by atoms with van der Waals surface area (Å²) in [6.45, 7) is 2.13. The van der Waals surface area contributed by atoms with Gasteiger partial charge in [-0.05, 0) is 62.1 Å². The predicted octanol–water partition coefficient (Wildman–Crippen LogP) is 4.53. The molecule has 0 radical (unpaired) electrons. The Kier molecular flexibility index (Phi) is 3.47. The highest BCUT2D eigenvalue weighted by Gasteiger charge is 2.34. The van der Waals surface area contributed by atoms with Crippen molar-refractivity contribution in [1.29, 1.82) is 0 Å². The first-order chi connectivity index (χ1) is 9.61. The number of carboxylic acid groups (broad SMARTS) is 1. The van der Waals surface area contributed by atoms with Gasteiger partial charge in [0, 0.05) is 0 Å². The van der Waals surface area contributed by atoms with E-state index in [0.717, 1.165) is 17.4 Å². The zero-order chi connectivity index (χ0) is 14.1. The van der Waals surface area contributed by atoms with Crippen LogP contribution in [0.15, 0.2) is 41.5 Å². The standard InChI is InChI=1S/C18H20O2/c1-12(9-17-11-14-4-7-16(17)10-14)8-13-2-5-15(6-3-13)18(19)20/h2-3,5-6,8-9,14,16H,4,7,10-11H2,1H3,(H,19,20). The molecule has 2 fully saturated rings. The second-order valence-corrected chi connectivity index (χ2v) is 6.11. The van der Waals surface area contributed by atoms with Crippen LogP contribution in [0.4, 0.5) is 0 Å². The van der Waals surface area contributed by atoms with E-state index in [4.69, 9.17) is 5.11 Å². The van der Waals surface area contributed by atoms with Gasteiger partial charge in [-0.25, -0.2) is 4.79 Å². The smallest absolute Gasteiger partial charge is 0.335 e. The lowest BCUT2D eigenvalue weighted by Gasteiger charge is -2.13. The molecule has 2 aliphatic carbocycles. The van der Waals surface area contributed by atoms with Gasteiger partial charge < -0.3 is 5.11 Å². The van der Waals surface area contributed by atoms with Gasteiger partial charge in [0.15, 0.2) is 0 Å². The summed E-state index contributed by atoms with van der Waals surface area (Å²) >= 11 is 0. The fourth-order valence-corrected chi connectivity index (χ4v) is 3.59. The van der Waals surface area contributed by atoms with E-state index in [2.05, 4.69) is 19.1 Å². The maximum Gasteiger partial charge on any atom is 0.335 e. The molecule has 0 spiro atoms. The van der Waals surface area contributed by atoms with Crippen LogP contribution in [0.25, 0.3) is 6.08 Å². The van der Waals surface area contributed by atoms with Crippen LogP contribution in [0.3, 0.4) is 0 Å². The fourth-order valence-electron chi connectivity index (χ4n) is 3.59. The molecule has 2 unspecified atom stereocenters. The Morgan fingerprint density at radius 1 is 1.25 bits per heavy atom. The number of benzene rings is 1. The van der Waals surface area contributed by atoms with Crippen LogP contribution in [0.2, 0.25) is 0 Å². The van der Waals surface area contributed by atoms with Gasteiger partial charge in [-0.3, -0.25) is 0 Å². The molecule has 2 bridgehead atoms. The van der Waals surface area contributed by atoms with Crippen molar-refractivity contribution >= 4 is 12.0 Å². The lowest BCUT2D eigenvalue weighted by Crippen LogP contribution is -1.98. The Bertz CT molecular complexity index is 578. The van der Waals surface area contributed by atoms with Crippen LogP contribution in [-0.2, 0) is 0 Å². The molecule has 20 heavy (non-hydrogen) atoms. The largest absolute Gasteiger partial charge is 0.478 e. The number of hydrogen-bond donors (Lipinski definition) is 1. The average Bonchev–Trinajstić information content (AvgIpc) is 3.01. The van der Waals surface area contributed by atoms with E-state index in [9.17, 15) is 4.79 Å². The third kappa shape index (κ3) is 2.69. The molecule has 0 aliphatic heterocycles. The van der Waals surface area contributed by atoms with Gasteiger partial charge in [0.05, 0.1) is 5.56 Å². The number of hydrogen-bond acceptors (Lipinski definition) is 1. The zero-order valence-electron chi connectivity index (χ0n) is 11.8. The maximum absolute atomic E-state index is 10.8. The van der Waals surface area contributed by atoms with Crippen LogP contribution in [0.5, 0.6) is 0 Å². The number of aromatic carboxylic acids is 1. The van der Waals surface area contributed by atoms with Gasteiger partial charge in [0.2, 0.25) is 0 Å². The molecule has 2 aliphatic rings. The summed E-state index contributed by atoms with van der Waals surface area (Å²) in [4.78, 5) is 10.8. The van der Waals surface area contributed by atoms with E-state index >= 15 is 0 Å². The Morgan fingerprint density at radius 3 is 2.55 bits per heavy atom. The summed E-state index contributed by atoms with van der Waals surface area (Å²) in [5.74, 6) is 0.896. The molecule has 0 heterocycles. The molecule has 3 rings (SSSR count). The molecule has 0 aromatic heterocycles. The highest BCUT2D eigenvalue weighted by Crippen LogP contribution is 2.48. The van der Waals surface area contributed by atoms with Crippen molar-refractivity contribution in [2.75, 3.05) is 0 Å². The third-order valence-corrected chi connectivity index (χ3v) is 4.56. The summed E-state index contributed by atoms with van der Waals surface area (Å²) in [6, 6.07) is 7.05. The summed E-state index contributed by atoms with van der Waals surface area (Å²) in [6.07, 6.45) is 9.94.